The van der Waals surface area contributed by atoms with Crippen LogP contribution in [-0.2, 0) is 9.53 Å². The highest BCUT2D eigenvalue weighted by Gasteiger charge is 2.40. The maximum absolute atomic E-state index is 14.4. The Kier molecular flexibility index (Phi) is 11.0. The second kappa shape index (κ2) is 14.2. The van der Waals surface area contributed by atoms with E-state index in [1.165, 1.54) is 42.9 Å². The predicted octanol–water partition coefficient (Wildman–Crippen LogP) is 4.69. The summed E-state index contributed by atoms with van der Waals surface area (Å²) in [6.07, 6.45) is 1.75. The summed E-state index contributed by atoms with van der Waals surface area (Å²) in [6, 6.07) is 6.18. The van der Waals surface area contributed by atoms with Gasteiger partial charge < -0.3 is 30.0 Å². The SMILES string of the molecule is COc1ccc(F)cc1C(CN1CN(CC(C)(C)C(=O)NC(C)C)C(=O)c2c1sc(N/N=C\C=N)c2C)OCCC#N. The molecular weight excluding hydrogens is 561 g/mol. The molecule has 42 heavy (non-hydrogen) atoms. The Labute approximate surface area is 249 Å². The summed E-state index contributed by atoms with van der Waals surface area (Å²) >= 11 is 1.32. The molecule has 1 atom stereocenters. The first-order valence-electron chi connectivity index (χ1n) is 13.5. The van der Waals surface area contributed by atoms with Gasteiger partial charge in [-0.2, -0.15) is 10.4 Å². The third-order valence-electron chi connectivity index (χ3n) is 6.65. The summed E-state index contributed by atoms with van der Waals surface area (Å²) in [4.78, 5) is 30.5. The zero-order valence-electron chi connectivity index (χ0n) is 24.8. The number of carbonyl (C=O) groups is 2. The van der Waals surface area contributed by atoms with Crippen LogP contribution in [0, 0.1) is 34.9 Å². The van der Waals surface area contributed by atoms with Crippen LogP contribution in [0.3, 0.4) is 0 Å². The number of methoxy groups -OCH3 is 1. The second-order valence-corrected chi connectivity index (χ2v) is 11.8. The molecule has 2 aromatic rings. The molecule has 0 radical (unpaired) electrons. The molecule has 2 amide bonds. The molecule has 13 heteroatoms. The van der Waals surface area contributed by atoms with Gasteiger partial charge in [-0.15, -0.1) is 0 Å². The summed E-state index contributed by atoms with van der Waals surface area (Å²) in [5, 5.41) is 24.5. The van der Waals surface area contributed by atoms with Crippen LogP contribution in [0.15, 0.2) is 23.3 Å². The fourth-order valence-electron chi connectivity index (χ4n) is 4.62. The van der Waals surface area contributed by atoms with Gasteiger partial charge in [-0.3, -0.25) is 15.0 Å². The Morgan fingerprint density at radius 1 is 1.36 bits per heavy atom. The molecule has 1 unspecified atom stereocenters. The normalized spacial score (nSPS) is 14.1. The molecule has 1 aliphatic rings. The zero-order chi connectivity index (χ0) is 31.0. The number of fused-ring (bicyclic) bond motifs is 1. The van der Waals surface area contributed by atoms with E-state index in [0.717, 1.165) is 6.21 Å². The lowest BCUT2D eigenvalue weighted by molar-refractivity contribution is -0.130. The topological polar surface area (TPSA) is 143 Å². The number of rotatable bonds is 14. The lowest BCUT2D eigenvalue weighted by Crippen LogP contribution is -2.53. The minimum atomic E-state index is -0.892. The molecule has 0 fully saturated rings. The van der Waals surface area contributed by atoms with Crippen molar-refractivity contribution in [2.45, 2.75) is 53.2 Å². The van der Waals surface area contributed by atoms with E-state index in [0.29, 0.717) is 32.4 Å². The molecular formula is C29H38FN7O4S. The quantitative estimate of drug-likeness (QED) is 0.162. The third-order valence-corrected chi connectivity index (χ3v) is 7.91. The van der Waals surface area contributed by atoms with Crippen molar-refractivity contribution >= 4 is 45.6 Å². The van der Waals surface area contributed by atoms with Crippen molar-refractivity contribution < 1.29 is 23.5 Å². The number of halogens is 1. The van der Waals surface area contributed by atoms with Gasteiger partial charge in [0.1, 0.15) is 27.7 Å². The van der Waals surface area contributed by atoms with E-state index in [1.807, 2.05) is 25.7 Å². The standard InChI is InChI=1S/C29H38FN7O4S/c1-18(2)34-28(39)29(4,5)16-37-17-36(27-24(26(37)38)19(3)25(42-27)35-33-12-11-32)15-23(41-13-7-10-31)21-14-20(30)8-9-22(21)40-6/h8-9,11-12,14,18,23,32,35H,7,13,15-17H2,1-6H3,(H,34,39)/b32-11?,33-12-. The maximum atomic E-state index is 14.4. The lowest BCUT2D eigenvalue weighted by atomic mass is 9.90. The molecule has 0 aliphatic carbocycles. The van der Waals surface area contributed by atoms with Crippen LogP contribution in [0.5, 0.6) is 5.75 Å². The highest BCUT2D eigenvalue weighted by molar-refractivity contribution is 7.20. The highest BCUT2D eigenvalue weighted by Crippen LogP contribution is 2.44. The molecule has 1 aromatic carbocycles. The van der Waals surface area contributed by atoms with Crippen molar-refractivity contribution in [2.75, 3.05) is 43.8 Å². The van der Waals surface area contributed by atoms with Gasteiger partial charge in [-0.05, 0) is 52.8 Å². The van der Waals surface area contributed by atoms with Crippen molar-refractivity contribution in [1.82, 2.24) is 10.2 Å². The number of nitriles is 1. The smallest absolute Gasteiger partial charge is 0.258 e. The van der Waals surface area contributed by atoms with E-state index in [1.54, 1.807) is 18.7 Å². The molecule has 0 bridgehead atoms. The molecule has 0 spiro atoms. The van der Waals surface area contributed by atoms with Crippen molar-refractivity contribution in [3.8, 4) is 11.8 Å². The van der Waals surface area contributed by atoms with E-state index in [4.69, 9.17) is 20.1 Å². The number of amides is 2. The fraction of sp³-hybridized carbons (Fsp3) is 0.483. The Morgan fingerprint density at radius 3 is 2.74 bits per heavy atom. The maximum Gasteiger partial charge on any atom is 0.258 e. The summed E-state index contributed by atoms with van der Waals surface area (Å²) < 4.78 is 26.0. The van der Waals surface area contributed by atoms with Gasteiger partial charge in [0.15, 0.2) is 0 Å². The Hall–Kier alpha value is -4.02. The molecule has 226 valence electrons. The fourth-order valence-corrected chi connectivity index (χ4v) is 5.77. The number of thiophene rings is 1. The average Bonchev–Trinajstić information content (AvgIpc) is 3.26. The number of benzene rings is 1. The number of nitrogens with zero attached hydrogens (tertiary/aromatic N) is 4. The first-order chi connectivity index (χ1) is 19.9. The highest BCUT2D eigenvalue weighted by atomic mass is 32.1. The summed E-state index contributed by atoms with van der Waals surface area (Å²) in [5.41, 5.74) is 3.62. The third kappa shape index (κ3) is 7.63. The molecule has 2 heterocycles. The molecule has 1 aromatic heterocycles. The molecule has 0 saturated carbocycles. The van der Waals surface area contributed by atoms with Crippen LogP contribution < -0.4 is 20.4 Å². The van der Waals surface area contributed by atoms with Gasteiger partial charge >= 0.3 is 0 Å². The first kappa shape index (κ1) is 32.5. The minimum Gasteiger partial charge on any atom is -0.496 e. The Balaban J connectivity index is 2.07. The average molecular weight is 600 g/mol. The summed E-state index contributed by atoms with van der Waals surface area (Å²) in [7, 11) is 1.49. The summed E-state index contributed by atoms with van der Waals surface area (Å²) in [6.45, 7) is 9.76. The van der Waals surface area contributed by atoms with Crippen molar-refractivity contribution in [2.24, 2.45) is 10.5 Å². The largest absolute Gasteiger partial charge is 0.496 e. The van der Waals surface area contributed by atoms with Gasteiger partial charge in [-0.1, -0.05) is 11.3 Å². The number of ether oxygens (including phenoxy) is 2. The molecule has 11 nitrogen and oxygen atoms in total. The van der Waals surface area contributed by atoms with E-state index in [2.05, 4.69) is 21.9 Å². The van der Waals surface area contributed by atoms with Gasteiger partial charge in [-0.25, -0.2) is 4.39 Å². The van der Waals surface area contributed by atoms with Crippen molar-refractivity contribution in [3.05, 3.63) is 40.7 Å². The van der Waals surface area contributed by atoms with E-state index < -0.39 is 17.3 Å². The number of anilines is 2. The minimum absolute atomic E-state index is 0.0567. The van der Waals surface area contributed by atoms with Gasteiger partial charge in [0.2, 0.25) is 5.91 Å². The molecule has 3 rings (SSSR count). The lowest BCUT2D eigenvalue weighted by Gasteiger charge is -2.41. The predicted molar refractivity (Wildman–Crippen MR) is 162 cm³/mol. The Morgan fingerprint density at radius 2 is 2.10 bits per heavy atom. The van der Waals surface area contributed by atoms with Crippen molar-refractivity contribution in [3.63, 3.8) is 0 Å². The van der Waals surface area contributed by atoms with Crippen LogP contribution in [0.4, 0.5) is 14.4 Å². The number of carbonyl (C=O) groups excluding carboxylic acids is 2. The monoisotopic (exact) mass is 599 g/mol. The first-order valence-corrected chi connectivity index (χ1v) is 14.3. The number of nitrogens with one attached hydrogen (secondary N) is 3. The van der Waals surface area contributed by atoms with E-state index in [9.17, 15) is 14.0 Å². The second-order valence-electron chi connectivity index (χ2n) is 10.8. The number of hydrogen-bond acceptors (Lipinski definition) is 10. The van der Waals surface area contributed by atoms with Crippen molar-refractivity contribution in [1.29, 1.82) is 10.7 Å². The van der Waals surface area contributed by atoms with Gasteiger partial charge in [0.05, 0.1) is 56.6 Å². The number of hydrazone groups is 1. The van der Waals surface area contributed by atoms with Crippen LogP contribution >= 0.6 is 11.3 Å². The van der Waals surface area contributed by atoms with E-state index in [-0.39, 0.29) is 50.6 Å². The summed E-state index contributed by atoms with van der Waals surface area (Å²) in [5.74, 6) is -0.429. The molecule has 0 saturated heterocycles. The van der Waals surface area contributed by atoms with Crippen LogP contribution in [0.25, 0.3) is 0 Å². The van der Waals surface area contributed by atoms with Crippen LogP contribution in [0.1, 0.15) is 61.7 Å². The van der Waals surface area contributed by atoms with E-state index >= 15 is 0 Å². The Bertz CT molecular complexity index is 1370. The van der Waals surface area contributed by atoms with Gasteiger partial charge in [0.25, 0.3) is 5.91 Å². The van der Waals surface area contributed by atoms with Crippen LogP contribution in [-0.4, -0.2) is 68.7 Å². The van der Waals surface area contributed by atoms with Crippen LogP contribution in [0.2, 0.25) is 0 Å². The molecule has 3 N–H and O–H groups in total. The van der Waals surface area contributed by atoms with Gasteiger partial charge in [0, 0.05) is 29.9 Å². The zero-order valence-corrected chi connectivity index (χ0v) is 25.6. The number of hydrogen-bond donors (Lipinski definition) is 3. The molecule has 1 aliphatic heterocycles.